The fourth-order valence-electron chi connectivity index (χ4n) is 3.77. The van der Waals surface area contributed by atoms with Crippen LogP contribution in [0.1, 0.15) is 24.3 Å². The highest BCUT2D eigenvalue weighted by molar-refractivity contribution is 5.83. The van der Waals surface area contributed by atoms with Crippen molar-refractivity contribution in [1.29, 1.82) is 0 Å². The van der Waals surface area contributed by atoms with Gasteiger partial charge < -0.3 is 10.2 Å². The zero-order valence-electron chi connectivity index (χ0n) is 14.6. The minimum absolute atomic E-state index is 0.0250. The number of halogens is 1. The number of nitrogens with zero attached hydrogens (tertiary/aromatic N) is 3. The highest BCUT2D eigenvalue weighted by Gasteiger charge is 2.46. The molecule has 1 aromatic carbocycles. The zero-order valence-corrected chi connectivity index (χ0v) is 14.6. The molecule has 1 aromatic heterocycles. The molecule has 1 aliphatic carbocycles. The predicted octanol–water partition coefficient (Wildman–Crippen LogP) is 2.88. The number of anilines is 1. The van der Waals surface area contributed by atoms with Crippen LogP contribution in [0.15, 0.2) is 48.8 Å². The Labute approximate surface area is 152 Å². The minimum Gasteiger partial charge on any atom is -0.354 e. The van der Waals surface area contributed by atoms with Gasteiger partial charge in [-0.1, -0.05) is 30.3 Å². The normalized spacial score (nSPS) is 27.8. The summed E-state index contributed by atoms with van der Waals surface area (Å²) in [6.45, 7) is 1.31. The molecule has 2 fully saturated rings. The lowest BCUT2D eigenvalue weighted by molar-refractivity contribution is -0.135. The molecule has 0 radical (unpaired) electrons. The van der Waals surface area contributed by atoms with E-state index in [0.717, 1.165) is 6.42 Å². The molecule has 1 N–H and O–H groups in total. The maximum Gasteiger partial charge on any atom is 0.226 e. The molecule has 0 spiro atoms. The van der Waals surface area contributed by atoms with Crippen LogP contribution in [0.5, 0.6) is 0 Å². The number of likely N-dealkylation sites (tertiary alicyclic amines) is 1. The number of amides is 1. The van der Waals surface area contributed by atoms with Gasteiger partial charge >= 0.3 is 0 Å². The Morgan fingerprint density at radius 3 is 2.69 bits per heavy atom. The zero-order chi connectivity index (χ0) is 17.9. The predicted molar refractivity (Wildman–Crippen MR) is 97.4 cm³/mol. The van der Waals surface area contributed by atoms with Crippen molar-refractivity contribution in [2.24, 2.45) is 11.8 Å². The molecular weight excluding hydrogens is 331 g/mol. The number of benzene rings is 1. The summed E-state index contributed by atoms with van der Waals surface area (Å²) >= 11 is 0. The summed E-state index contributed by atoms with van der Waals surface area (Å²) < 4.78 is 14.6. The Bertz CT molecular complexity index is 742. The maximum absolute atomic E-state index is 14.6. The standard InChI is InChI=1S/C20H23FN4O/c21-18-13-25(10-7-15(18)12-24-20-22-8-4-9-23-20)19(26)17-11-16(17)14-5-2-1-3-6-14/h1-6,8-9,15-18H,7,10-13H2,(H,22,23,24)/t15-,16+,17-,18-/m1/s1. The number of rotatable bonds is 5. The van der Waals surface area contributed by atoms with Crippen LogP contribution in [-0.4, -0.2) is 46.6 Å². The molecule has 2 aliphatic rings. The van der Waals surface area contributed by atoms with E-state index in [1.807, 2.05) is 18.2 Å². The van der Waals surface area contributed by atoms with Crippen LogP contribution in [0.4, 0.5) is 10.3 Å². The van der Waals surface area contributed by atoms with Gasteiger partial charge in [0.2, 0.25) is 11.9 Å². The summed E-state index contributed by atoms with van der Waals surface area (Å²) in [5.41, 5.74) is 1.21. The van der Waals surface area contributed by atoms with Gasteiger partial charge in [-0.25, -0.2) is 14.4 Å². The van der Waals surface area contributed by atoms with Crippen molar-refractivity contribution in [3.63, 3.8) is 0 Å². The first-order valence-electron chi connectivity index (χ1n) is 9.21. The fourth-order valence-corrected chi connectivity index (χ4v) is 3.77. The SMILES string of the molecule is O=C([C@@H]1C[C@H]1c1ccccc1)N1CC[C@H](CNc2ncccn2)[C@H](F)C1. The summed E-state index contributed by atoms with van der Waals surface area (Å²) in [7, 11) is 0. The second-order valence-electron chi connectivity index (χ2n) is 7.16. The van der Waals surface area contributed by atoms with E-state index in [1.165, 1.54) is 5.56 Å². The lowest BCUT2D eigenvalue weighted by Gasteiger charge is -2.35. The lowest BCUT2D eigenvalue weighted by Crippen LogP contribution is -2.47. The van der Waals surface area contributed by atoms with E-state index in [9.17, 15) is 9.18 Å². The third-order valence-corrected chi connectivity index (χ3v) is 5.41. The molecule has 136 valence electrons. The van der Waals surface area contributed by atoms with Crippen molar-refractivity contribution < 1.29 is 9.18 Å². The highest BCUT2D eigenvalue weighted by atomic mass is 19.1. The maximum atomic E-state index is 14.6. The summed E-state index contributed by atoms with van der Waals surface area (Å²) in [4.78, 5) is 22.6. The number of hydrogen-bond donors (Lipinski definition) is 1. The van der Waals surface area contributed by atoms with Crippen molar-refractivity contribution in [2.45, 2.75) is 24.9 Å². The first-order valence-corrected chi connectivity index (χ1v) is 9.21. The monoisotopic (exact) mass is 354 g/mol. The van der Waals surface area contributed by atoms with Crippen LogP contribution in [-0.2, 0) is 4.79 Å². The molecule has 1 amide bonds. The average molecular weight is 354 g/mol. The first kappa shape index (κ1) is 16.9. The second-order valence-corrected chi connectivity index (χ2v) is 7.16. The van der Waals surface area contributed by atoms with Gasteiger partial charge in [0.15, 0.2) is 0 Å². The number of hydrogen-bond acceptors (Lipinski definition) is 4. The van der Waals surface area contributed by atoms with Gasteiger partial charge in [-0.15, -0.1) is 0 Å². The van der Waals surface area contributed by atoms with E-state index < -0.39 is 6.17 Å². The molecule has 2 aromatic rings. The summed E-state index contributed by atoms with van der Waals surface area (Å²) in [5, 5.41) is 3.09. The van der Waals surface area contributed by atoms with Crippen LogP contribution in [0, 0.1) is 11.8 Å². The number of nitrogens with one attached hydrogen (secondary N) is 1. The second kappa shape index (κ2) is 7.40. The van der Waals surface area contributed by atoms with Gasteiger partial charge in [0.25, 0.3) is 0 Å². The molecule has 1 saturated heterocycles. The molecule has 26 heavy (non-hydrogen) atoms. The topological polar surface area (TPSA) is 58.1 Å². The fraction of sp³-hybridized carbons (Fsp3) is 0.450. The van der Waals surface area contributed by atoms with Gasteiger partial charge in [0.1, 0.15) is 6.17 Å². The van der Waals surface area contributed by atoms with Crippen molar-refractivity contribution in [2.75, 3.05) is 25.0 Å². The molecule has 6 heteroatoms. The number of carbonyl (C=O) groups excluding carboxylic acids is 1. The molecule has 1 saturated carbocycles. The Morgan fingerprint density at radius 2 is 1.96 bits per heavy atom. The lowest BCUT2D eigenvalue weighted by atomic mass is 9.94. The molecular formula is C20H23FN4O. The van der Waals surface area contributed by atoms with Crippen molar-refractivity contribution in [1.82, 2.24) is 14.9 Å². The Kier molecular flexibility index (Phi) is 4.82. The van der Waals surface area contributed by atoms with E-state index in [2.05, 4.69) is 27.4 Å². The van der Waals surface area contributed by atoms with Crippen LogP contribution in [0.25, 0.3) is 0 Å². The number of alkyl halides is 1. The molecule has 1 aliphatic heterocycles. The van der Waals surface area contributed by atoms with Gasteiger partial charge in [-0.05, 0) is 30.4 Å². The average Bonchev–Trinajstić information content (AvgIpc) is 3.49. The van der Waals surface area contributed by atoms with E-state index >= 15 is 0 Å². The number of aromatic nitrogens is 2. The van der Waals surface area contributed by atoms with E-state index in [1.54, 1.807) is 23.4 Å². The Balaban J connectivity index is 1.28. The number of carbonyl (C=O) groups is 1. The smallest absolute Gasteiger partial charge is 0.226 e. The summed E-state index contributed by atoms with van der Waals surface area (Å²) in [5.74, 6) is 0.835. The van der Waals surface area contributed by atoms with Crippen molar-refractivity contribution in [3.05, 3.63) is 54.4 Å². The van der Waals surface area contributed by atoms with Crippen LogP contribution in [0.3, 0.4) is 0 Å². The Morgan fingerprint density at radius 1 is 1.19 bits per heavy atom. The number of piperidine rings is 1. The minimum atomic E-state index is -1.02. The van der Waals surface area contributed by atoms with Crippen molar-refractivity contribution >= 4 is 11.9 Å². The van der Waals surface area contributed by atoms with Gasteiger partial charge in [0.05, 0.1) is 6.54 Å². The third-order valence-electron chi connectivity index (χ3n) is 5.41. The third kappa shape index (κ3) is 3.69. The van der Waals surface area contributed by atoms with Crippen molar-refractivity contribution in [3.8, 4) is 0 Å². The molecule has 4 atom stereocenters. The largest absolute Gasteiger partial charge is 0.354 e. The van der Waals surface area contributed by atoms with E-state index in [-0.39, 0.29) is 24.3 Å². The van der Waals surface area contributed by atoms with Crippen LogP contribution in [0.2, 0.25) is 0 Å². The van der Waals surface area contributed by atoms with Crippen LogP contribution < -0.4 is 5.32 Å². The molecule has 0 unspecified atom stereocenters. The molecule has 5 nitrogen and oxygen atoms in total. The highest BCUT2D eigenvalue weighted by Crippen LogP contribution is 2.48. The van der Waals surface area contributed by atoms with Gasteiger partial charge in [-0.3, -0.25) is 4.79 Å². The quantitative estimate of drug-likeness (QED) is 0.897. The summed E-state index contributed by atoms with van der Waals surface area (Å²) in [6.07, 6.45) is 3.84. The van der Waals surface area contributed by atoms with E-state index in [0.29, 0.717) is 31.4 Å². The van der Waals surface area contributed by atoms with Gasteiger partial charge in [-0.2, -0.15) is 0 Å². The molecule has 0 bridgehead atoms. The van der Waals surface area contributed by atoms with E-state index in [4.69, 9.17) is 0 Å². The Hall–Kier alpha value is -2.50. The molecule has 4 rings (SSSR count). The summed E-state index contributed by atoms with van der Waals surface area (Å²) in [6, 6.07) is 11.9. The van der Waals surface area contributed by atoms with Gasteiger partial charge in [0, 0.05) is 37.3 Å². The first-order chi connectivity index (χ1) is 12.7. The molecule has 2 heterocycles. The van der Waals surface area contributed by atoms with Crippen LogP contribution >= 0.6 is 0 Å².